The van der Waals surface area contributed by atoms with Crippen molar-refractivity contribution in [1.29, 1.82) is 0 Å². The second-order valence-electron chi connectivity index (χ2n) is 6.96. The number of nitrogens with zero attached hydrogens (tertiary/aromatic N) is 7. The van der Waals surface area contributed by atoms with E-state index in [4.69, 9.17) is 5.53 Å². The van der Waals surface area contributed by atoms with Crippen LogP contribution in [0, 0.1) is 0 Å². The number of aromatic nitrogens is 4. The Morgan fingerprint density at radius 3 is 2.22 bits per heavy atom. The first-order chi connectivity index (χ1) is 13.1. The van der Waals surface area contributed by atoms with E-state index in [2.05, 4.69) is 15.0 Å². The van der Waals surface area contributed by atoms with Crippen LogP contribution in [0.3, 0.4) is 0 Å². The third kappa shape index (κ3) is 5.47. The molecule has 2 rings (SSSR count). The van der Waals surface area contributed by atoms with Gasteiger partial charge in [-0.2, -0.15) is 0 Å². The molecule has 0 amide bonds. The van der Waals surface area contributed by atoms with Crippen LogP contribution in [0.1, 0.15) is 57.8 Å². The Morgan fingerprint density at radius 1 is 1.00 bits per heavy atom. The summed E-state index contributed by atoms with van der Waals surface area (Å²) in [6.45, 7) is 1.05. The average molecular weight is 375 g/mol. The minimum Gasteiger partial charge on any atom is -0.328 e. The standard InChI is InChI=1S/C18H29N7O2/c1-23-14-20-16-15(23)17(26)25(18(27)24(16)2)13-11-9-7-5-3-4-6-8-10-12-21-22-19/h14H,3-13H2,1-2H3. The van der Waals surface area contributed by atoms with Gasteiger partial charge in [-0.1, -0.05) is 50.1 Å². The molecule has 0 saturated heterocycles. The van der Waals surface area contributed by atoms with Gasteiger partial charge in [-0.25, -0.2) is 9.78 Å². The SMILES string of the molecule is Cn1cnc2c1c(=O)n(CCCCCCCCCCCN=[N+]=[N-])c(=O)n2C. The third-order valence-corrected chi connectivity index (χ3v) is 4.90. The van der Waals surface area contributed by atoms with Crippen molar-refractivity contribution < 1.29 is 0 Å². The van der Waals surface area contributed by atoms with Crippen LogP contribution in [-0.4, -0.2) is 25.2 Å². The largest absolute Gasteiger partial charge is 0.332 e. The summed E-state index contributed by atoms with van der Waals surface area (Å²) in [5.41, 5.74) is 8.54. The maximum Gasteiger partial charge on any atom is 0.332 e. The Kier molecular flexibility index (Phi) is 8.13. The van der Waals surface area contributed by atoms with E-state index in [9.17, 15) is 9.59 Å². The Balaban J connectivity index is 1.71. The highest BCUT2D eigenvalue weighted by molar-refractivity contribution is 5.69. The monoisotopic (exact) mass is 375 g/mol. The molecule has 9 nitrogen and oxygen atoms in total. The van der Waals surface area contributed by atoms with E-state index in [0.717, 1.165) is 32.1 Å². The number of aryl methyl sites for hydroxylation is 2. The zero-order valence-electron chi connectivity index (χ0n) is 16.3. The Hall–Kier alpha value is -2.54. The molecule has 0 N–H and O–H groups in total. The van der Waals surface area contributed by atoms with Gasteiger partial charge in [0.1, 0.15) is 0 Å². The van der Waals surface area contributed by atoms with Crippen LogP contribution in [0.25, 0.3) is 21.6 Å². The van der Waals surface area contributed by atoms with Gasteiger partial charge in [0.05, 0.1) is 6.33 Å². The van der Waals surface area contributed by atoms with Gasteiger partial charge in [0.2, 0.25) is 0 Å². The van der Waals surface area contributed by atoms with E-state index in [1.165, 1.54) is 34.8 Å². The van der Waals surface area contributed by atoms with Gasteiger partial charge in [0.15, 0.2) is 11.2 Å². The molecule has 0 aliphatic rings. The lowest BCUT2D eigenvalue weighted by atomic mass is 10.1. The van der Waals surface area contributed by atoms with Crippen molar-refractivity contribution in [2.24, 2.45) is 19.2 Å². The van der Waals surface area contributed by atoms with Gasteiger partial charge in [0.25, 0.3) is 5.56 Å². The minimum absolute atomic E-state index is 0.256. The Labute approximate surface area is 158 Å². The van der Waals surface area contributed by atoms with E-state index < -0.39 is 0 Å². The molecular weight excluding hydrogens is 346 g/mol. The fourth-order valence-electron chi connectivity index (χ4n) is 3.33. The fourth-order valence-corrected chi connectivity index (χ4v) is 3.33. The molecule has 148 valence electrons. The van der Waals surface area contributed by atoms with Gasteiger partial charge >= 0.3 is 5.69 Å². The maximum absolute atomic E-state index is 12.6. The third-order valence-electron chi connectivity index (χ3n) is 4.90. The molecule has 0 atom stereocenters. The van der Waals surface area contributed by atoms with E-state index in [1.807, 2.05) is 0 Å². The molecule has 0 spiro atoms. The van der Waals surface area contributed by atoms with E-state index in [0.29, 0.717) is 24.3 Å². The average Bonchev–Trinajstić information content (AvgIpc) is 3.05. The molecule has 0 saturated carbocycles. The van der Waals surface area contributed by atoms with Crippen molar-refractivity contribution in [3.8, 4) is 0 Å². The first-order valence-electron chi connectivity index (χ1n) is 9.69. The molecule has 27 heavy (non-hydrogen) atoms. The summed E-state index contributed by atoms with van der Waals surface area (Å²) >= 11 is 0. The lowest BCUT2D eigenvalue weighted by Crippen LogP contribution is -2.39. The van der Waals surface area contributed by atoms with Gasteiger partial charge in [0, 0.05) is 32.1 Å². The van der Waals surface area contributed by atoms with Crippen LogP contribution < -0.4 is 11.2 Å². The fraction of sp³-hybridized carbons (Fsp3) is 0.722. The van der Waals surface area contributed by atoms with Crippen LogP contribution in [0.5, 0.6) is 0 Å². The predicted molar refractivity (Wildman–Crippen MR) is 106 cm³/mol. The number of unbranched alkanes of at least 4 members (excludes halogenated alkanes) is 8. The number of fused-ring (bicyclic) bond motifs is 1. The zero-order valence-corrected chi connectivity index (χ0v) is 16.3. The van der Waals surface area contributed by atoms with Crippen LogP contribution in [0.4, 0.5) is 0 Å². The van der Waals surface area contributed by atoms with Crippen LogP contribution in [0.2, 0.25) is 0 Å². The van der Waals surface area contributed by atoms with Crippen molar-refractivity contribution in [2.45, 2.75) is 64.3 Å². The molecule has 0 fully saturated rings. The molecular formula is C18H29N7O2. The number of hydrogen-bond donors (Lipinski definition) is 0. The summed E-state index contributed by atoms with van der Waals surface area (Å²) in [5, 5.41) is 3.53. The smallest absolute Gasteiger partial charge is 0.328 e. The molecule has 0 radical (unpaired) electrons. The summed E-state index contributed by atoms with van der Waals surface area (Å²) in [5.74, 6) is 0. The molecule has 0 bridgehead atoms. The van der Waals surface area contributed by atoms with Crippen molar-refractivity contribution in [3.05, 3.63) is 37.6 Å². The highest BCUT2D eigenvalue weighted by Gasteiger charge is 2.14. The molecule has 0 aliphatic heterocycles. The Bertz CT molecular complexity index is 903. The van der Waals surface area contributed by atoms with Gasteiger partial charge in [-0.05, 0) is 18.4 Å². The second kappa shape index (κ2) is 10.6. The molecule has 2 aromatic rings. The number of azide groups is 1. The molecule has 0 aliphatic carbocycles. The minimum atomic E-state index is -0.299. The first kappa shape index (κ1) is 20.8. The summed E-state index contributed by atoms with van der Waals surface area (Å²) < 4.78 is 4.44. The lowest BCUT2D eigenvalue weighted by Gasteiger charge is -2.08. The van der Waals surface area contributed by atoms with Crippen molar-refractivity contribution in [3.63, 3.8) is 0 Å². The van der Waals surface area contributed by atoms with Crippen molar-refractivity contribution >= 4 is 11.2 Å². The molecule has 0 unspecified atom stereocenters. The summed E-state index contributed by atoms with van der Waals surface area (Å²) in [6.07, 6.45) is 11.3. The normalized spacial score (nSPS) is 11.0. The van der Waals surface area contributed by atoms with Gasteiger partial charge < -0.3 is 4.57 Å². The molecule has 2 aromatic heterocycles. The summed E-state index contributed by atoms with van der Waals surface area (Å²) in [4.78, 5) is 31.9. The molecule has 2 heterocycles. The topological polar surface area (TPSA) is 111 Å². The van der Waals surface area contributed by atoms with Gasteiger partial charge in [-0.15, -0.1) is 0 Å². The molecule has 0 aromatic carbocycles. The quantitative estimate of drug-likeness (QED) is 0.246. The Morgan fingerprint density at radius 2 is 1.59 bits per heavy atom. The predicted octanol–water partition coefficient (Wildman–Crippen LogP) is 3.25. The summed E-state index contributed by atoms with van der Waals surface area (Å²) in [7, 11) is 3.42. The number of imidazole rings is 1. The van der Waals surface area contributed by atoms with Gasteiger partial charge in [-0.3, -0.25) is 13.9 Å². The number of hydrogen-bond acceptors (Lipinski definition) is 4. The van der Waals surface area contributed by atoms with E-state index >= 15 is 0 Å². The van der Waals surface area contributed by atoms with Crippen LogP contribution in [-0.2, 0) is 20.6 Å². The zero-order chi connectivity index (χ0) is 19.6. The second-order valence-corrected chi connectivity index (χ2v) is 6.96. The van der Waals surface area contributed by atoms with Crippen molar-refractivity contribution in [2.75, 3.05) is 6.54 Å². The van der Waals surface area contributed by atoms with E-state index in [-0.39, 0.29) is 11.2 Å². The lowest BCUT2D eigenvalue weighted by molar-refractivity contribution is 0.516. The van der Waals surface area contributed by atoms with E-state index in [1.54, 1.807) is 25.0 Å². The van der Waals surface area contributed by atoms with Crippen molar-refractivity contribution in [1.82, 2.24) is 18.7 Å². The highest BCUT2D eigenvalue weighted by Crippen LogP contribution is 2.10. The maximum atomic E-state index is 12.6. The highest BCUT2D eigenvalue weighted by atomic mass is 16.2. The van der Waals surface area contributed by atoms with Crippen LogP contribution in [0.15, 0.2) is 21.0 Å². The summed E-state index contributed by atoms with van der Waals surface area (Å²) in [6, 6.07) is 0. The first-order valence-corrected chi connectivity index (χ1v) is 9.69. The number of rotatable bonds is 12. The molecule has 9 heteroatoms. The van der Waals surface area contributed by atoms with Crippen LogP contribution >= 0.6 is 0 Å².